The molecule has 0 fully saturated rings. The van der Waals surface area contributed by atoms with Crippen LogP contribution in [0.2, 0.25) is 0 Å². The molecule has 18 heavy (non-hydrogen) atoms. The van der Waals surface area contributed by atoms with Crippen molar-refractivity contribution in [1.82, 2.24) is 14.8 Å². The van der Waals surface area contributed by atoms with Gasteiger partial charge in [-0.25, -0.2) is 9.78 Å². The van der Waals surface area contributed by atoms with Gasteiger partial charge in [-0.3, -0.25) is 4.68 Å². The van der Waals surface area contributed by atoms with Crippen molar-refractivity contribution >= 4 is 11.7 Å². The second-order valence-electron chi connectivity index (χ2n) is 4.02. The van der Waals surface area contributed by atoms with Gasteiger partial charge in [0, 0.05) is 25.0 Å². The van der Waals surface area contributed by atoms with Crippen LogP contribution in [0.5, 0.6) is 0 Å². The molecule has 1 atom stereocenters. The van der Waals surface area contributed by atoms with Crippen LogP contribution in [-0.2, 0) is 7.05 Å². The Kier molecular flexibility index (Phi) is 3.27. The summed E-state index contributed by atoms with van der Waals surface area (Å²) in [5.41, 5.74) is 1.51. The molecule has 0 radical (unpaired) electrons. The molecule has 2 aromatic rings. The minimum Gasteiger partial charge on any atom is -0.476 e. The predicted molar refractivity (Wildman–Crippen MR) is 66.4 cm³/mol. The highest BCUT2D eigenvalue weighted by Crippen LogP contribution is 2.20. The average Bonchev–Trinajstić information content (AvgIpc) is 2.76. The first-order valence-electron chi connectivity index (χ1n) is 5.51. The van der Waals surface area contributed by atoms with E-state index in [1.165, 1.54) is 6.20 Å². The molecule has 0 aliphatic heterocycles. The Hall–Kier alpha value is -2.37. The number of aromatic carboxylic acids is 1. The molecule has 0 aromatic carbocycles. The highest BCUT2D eigenvalue weighted by molar-refractivity contribution is 5.91. The van der Waals surface area contributed by atoms with Crippen LogP contribution in [0.25, 0.3) is 0 Å². The summed E-state index contributed by atoms with van der Waals surface area (Å²) in [7, 11) is 1.84. The SMILES string of the molecule is CC(Nc1cccnc1C(=O)O)c1cnn(C)c1. The van der Waals surface area contributed by atoms with Gasteiger partial charge in [0.2, 0.25) is 0 Å². The molecular formula is C12H14N4O2. The highest BCUT2D eigenvalue weighted by Gasteiger charge is 2.14. The maximum absolute atomic E-state index is 11.0. The van der Waals surface area contributed by atoms with Gasteiger partial charge >= 0.3 is 5.97 Å². The second-order valence-corrected chi connectivity index (χ2v) is 4.02. The first kappa shape index (κ1) is 12.1. The minimum atomic E-state index is -1.04. The number of carboxylic acid groups (broad SMARTS) is 1. The third-order valence-electron chi connectivity index (χ3n) is 2.61. The van der Waals surface area contributed by atoms with Crippen LogP contribution >= 0.6 is 0 Å². The van der Waals surface area contributed by atoms with Crippen molar-refractivity contribution in [3.63, 3.8) is 0 Å². The standard InChI is InChI=1S/C12H14N4O2/c1-8(9-6-14-16(2)7-9)15-10-4-3-5-13-11(10)12(17)18/h3-8,15H,1-2H3,(H,17,18). The van der Waals surface area contributed by atoms with E-state index in [1.807, 2.05) is 20.2 Å². The summed E-state index contributed by atoms with van der Waals surface area (Å²) < 4.78 is 1.70. The maximum atomic E-state index is 11.0. The second kappa shape index (κ2) is 4.87. The van der Waals surface area contributed by atoms with E-state index >= 15 is 0 Å². The Bertz CT molecular complexity index is 565. The van der Waals surface area contributed by atoms with E-state index in [1.54, 1.807) is 23.0 Å². The molecule has 0 saturated heterocycles. The Balaban J connectivity index is 2.21. The van der Waals surface area contributed by atoms with Crippen LogP contribution in [0.3, 0.4) is 0 Å². The number of aromatic nitrogens is 3. The van der Waals surface area contributed by atoms with Gasteiger partial charge in [-0.05, 0) is 19.1 Å². The third kappa shape index (κ3) is 2.48. The molecule has 0 saturated carbocycles. The van der Waals surface area contributed by atoms with Crippen molar-refractivity contribution in [1.29, 1.82) is 0 Å². The summed E-state index contributed by atoms with van der Waals surface area (Å²) in [6, 6.07) is 3.36. The summed E-state index contributed by atoms with van der Waals surface area (Å²) in [6.07, 6.45) is 5.09. The van der Waals surface area contributed by atoms with E-state index in [0.717, 1.165) is 5.56 Å². The number of pyridine rings is 1. The maximum Gasteiger partial charge on any atom is 0.356 e. The van der Waals surface area contributed by atoms with Crippen molar-refractivity contribution in [3.05, 3.63) is 42.0 Å². The first-order valence-corrected chi connectivity index (χ1v) is 5.51. The van der Waals surface area contributed by atoms with E-state index in [0.29, 0.717) is 5.69 Å². The number of rotatable bonds is 4. The quantitative estimate of drug-likeness (QED) is 0.858. The van der Waals surface area contributed by atoms with Gasteiger partial charge in [0.15, 0.2) is 5.69 Å². The molecule has 94 valence electrons. The number of anilines is 1. The van der Waals surface area contributed by atoms with E-state index in [9.17, 15) is 4.79 Å². The first-order chi connectivity index (χ1) is 8.58. The lowest BCUT2D eigenvalue weighted by molar-refractivity contribution is 0.0691. The topological polar surface area (TPSA) is 80.0 Å². The molecule has 0 bridgehead atoms. The predicted octanol–water partition coefficient (Wildman–Crippen LogP) is 1.69. The monoisotopic (exact) mass is 246 g/mol. The van der Waals surface area contributed by atoms with Crippen LogP contribution < -0.4 is 5.32 Å². The normalized spacial score (nSPS) is 12.1. The molecule has 0 amide bonds. The molecule has 1 unspecified atom stereocenters. The molecule has 2 aromatic heterocycles. The molecule has 2 heterocycles. The highest BCUT2D eigenvalue weighted by atomic mass is 16.4. The van der Waals surface area contributed by atoms with Gasteiger partial charge < -0.3 is 10.4 Å². The van der Waals surface area contributed by atoms with Crippen LogP contribution in [0.1, 0.15) is 29.0 Å². The van der Waals surface area contributed by atoms with E-state index in [-0.39, 0.29) is 11.7 Å². The summed E-state index contributed by atoms with van der Waals surface area (Å²) >= 11 is 0. The van der Waals surface area contributed by atoms with Gasteiger partial charge in [-0.1, -0.05) is 0 Å². The molecule has 6 nitrogen and oxygen atoms in total. The van der Waals surface area contributed by atoms with Gasteiger partial charge in [-0.15, -0.1) is 0 Å². The smallest absolute Gasteiger partial charge is 0.356 e. The molecule has 0 aliphatic rings. The third-order valence-corrected chi connectivity index (χ3v) is 2.61. The Morgan fingerprint density at radius 1 is 1.56 bits per heavy atom. The van der Waals surface area contributed by atoms with Crippen LogP contribution in [0.15, 0.2) is 30.7 Å². The van der Waals surface area contributed by atoms with E-state index < -0.39 is 5.97 Å². The van der Waals surface area contributed by atoms with E-state index in [2.05, 4.69) is 15.4 Å². The summed E-state index contributed by atoms with van der Waals surface area (Å²) in [6.45, 7) is 1.94. The van der Waals surface area contributed by atoms with E-state index in [4.69, 9.17) is 5.11 Å². The van der Waals surface area contributed by atoms with Crippen LogP contribution in [0.4, 0.5) is 5.69 Å². The van der Waals surface area contributed by atoms with Crippen molar-refractivity contribution < 1.29 is 9.90 Å². The summed E-state index contributed by atoms with van der Waals surface area (Å²) in [5, 5.41) is 16.2. The van der Waals surface area contributed by atoms with Gasteiger partial charge in [0.1, 0.15) is 0 Å². The molecular weight excluding hydrogens is 232 g/mol. The number of hydrogen-bond donors (Lipinski definition) is 2. The fourth-order valence-electron chi connectivity index (χ4n) is 1.67. The van der Waals surface area contributed by atoms with Crippen LogP contribution in [-0.4, -0.2) is 25.8 Å². The van der Waals surface area contributed by atoms with Crippen molar-refractivity contribution in [2.75, 3.05) is 5.32 Å². The zero-order chi connectivity index (χ0) is 13.1. The zero-order valence-corrected chi connectivity index (χ0v) is 10.2. The number of carbonyl (C=O) groups is 1. The molecule has 0 aliphatic carbocycles. The van der Waals surface area contributed by atoms with Crippen molar-refractivity contribution in [2.24, 2.45) is 7.05 Å². The molecule has 2 N–H and O–H groups in total. The molecule has 0 spiro atoms. The number of aryl methyl sites for hydroxylation is 1. The Labute approximate surface area is 104 Å². The Morgan fingerprint density at radius 2 is 2.33 bits per heavy atom. The lowest BCUT2D eigenvalue weighted by Crippen LogP contribution is -2.11. The zero-order valence-electron chi connectivity index (χ0n) is 10.2. The fourth-order valence-corrected chi connectivity index (χ4v) is 1.67. The number of hydrogen-bond acceptors (Lipinski definition) is 4. The lowest BCUT2D eigenvalue weighted by atomic mass is 10.1. The number of nitrogens with zero attached hydrogens (tertiary/aromatic N) is 3. The summed E-state index contributed by atoms with van der Waals surface area (Å²) in [4.78, 5) is 14.9. The van der Waals surface area contributed by atoms with Gasteiger partial charge in [0.05, 0.1) is 17.9 Å². The van der Waals surface area contributed by atoms with Crippen molar-refractivity contribution in [3.8, 4) is 0 Å². The van der Waals surface area contributed by atoms with Gasteiger partial charge in [-0.2, -0.15) is 5.10 Å². The summed E-state index contributed by atoms with van der Waals surface area (Å²) in [5.74, 6) is -1.04. The lowest BCUT2D eigenvalue weighted by Gasteiger charge is -2.14. The largest absolute Gasteiger partial charge is 0.476 e. The average molecular weight is 246 g/mol. The minimum absolute atomic E-state index is 0.0215. The fraction of sp³-hybridized carbons (Fsp3) is 0.250. The van der Waals surface area contributed by atoms with Crippen LogP contribution in [0, 0.1) is 0 Å². The number of carboxylic acids is 1. The molecule has 6 heteroatoms. The van der Waals surface area contributed by atoms with Crippen molar-refractivity contribution in [2.45, 2.75) is 13.0 Å². The van der Waals surface area contributed by atoms with Gasteiger partial charge in [0.25, 0.3) is 0 Å². The Morgan fingerprint density at radius 3 is 2.94 bits per heavy atom. The molecule has 2 rings (SSSR count). The number of nitrogens with one attached hydrogen (secondary N) is 1.